The summed E-state index contributed by atoms with van der Waals surface area (Å²) in [5.41, 5.74) is 1.91. The molecule has 0 saturated carbocycles. The smallest absolute Gasteiger partial charge is 0.262 e. The molecule has 8 nitrogen and oxygen atoms in total. The number of hydrogen-bond acceptors (Lipinski definition) is 6. The number of ether oxygens (including phenoxy) is 1. The van der Waals surface area contributed by atoms with Crippen molar-refractivity contribution in [2.75, 3.05) is 7.11 Å². The van der Waals surface area contributed by atoms with Gasteiger partial charge in [0, 0.05) is 12.7 Å². The topological polar surface area (TPSA) is 109 Å². The number of methoxy groups -OCH3 is 1. The standard InChI is InChI=1S/C18H22FN3O5S/c1-12(2)17(18(23)21-24)22(11-13-4-9-16(19)20-10-13)28(25,26)15-7-5-14(27-3)6-8-15/h4-10,12,17,24H,11H2,1-3H3,(H,21,23)/t17-/m1/s1/i19-1. The van der Waals surface area contributed by atoms with Gasteiger partial charge >= 0.3 is 0 Å². The third-order valence-electron chi connectivity index (χ3n) is 4.11. The molecule has 2 N–H and O–H groups in total. The van der Waals surface area contributed by atoms with Crippen molar-refractivity contribution in [1.29, 1.82) is 0 Å². The predicted molar refractivity (Wildman–Crippen MR) is 98.5 cm³/mol. The number of nitrogens with one attached hydrogen (secondary N) is 1. The molecule has 152 valence electrons. The van der Waals surface area contributed by atoms with Crippen molar-refractivity contribution in [3.05, 3.63) is 54.1 Å². The quantitative estimate of drug-likeness (QED) is 0.391. The average Bonchev–Trinajstić information content (AvgIpc) is 2.68. The molecule has 2 aromatic rings. The fourth-order valence-corrected chi connectivity index (χ4v) is 4.44. The predicted octanol–water partition coefficient (Wildman–Crippen LogP) is 1.95. The van der Waals surface area contributed by atoms with Gasteiger partial charge in [0.2, 0.25) is 16.0 Å². The number of amides is 1. The Labute approximate surface area is 163 Å². The molecule has 1 aromatic carbocycles. The highest BCUT2D eigenvalue weighted by molar-refractivity contribution is 7.89. The first kappa shape index (κ1) is 21.7. The molecular weight excluding hydrogens is 388 g/mol. The van der Waals surface area contributed by atoms with E-state index in [9.17, 15) is 17.6 Å². The van der Waals surface area contributed by atoms with Gasteiger partial charge in [0.05, 0.1) is 12.0 Å². The average molecular weight is 410 g/mol. The van der Waals surface area contributed by atoms with Crippen molar-refractivity contribution in [1.82, 2.24) is 14.8 Å². The van der Waals surface area contributed by atoms with Crippen molar-refractivity contribution in [3.8, 4) is 5.75 Å². The van der Waals surface area contributed by atoms with E-state index in [0.717, 1.165) is 10.4 Å². The molecule has 0 fully saturated rings. The molecule has 2 rings (SSSR count). The normalized spacial score (nSPS) is 12.8. The van der Waals surface area contributed by atoms with Gasteiger partial charge in [0.1, 0.15) is 11.8 Å². The zero-order valence-electron chi connectivity index (χ0n) is 15.7. The zero-order chi connectivity index (χ0) is 20.9. The first-order chi connectivity index (χ1) is 13.2. The lowest BCUT2D eigenvalue weighted by Gasteiger charge is -2.32. The molecule has 0 radical (unpaired) electrons. The van der Waals surface area contributed by atoms with E-state index in [-0.39, 0.29) is 11.4 Å². The van der Waals surface area contributed by atoms with Crippen LogP contribution in [-0.4, -0.2) is 42.0 Å². The van der Waals surface area contributed by atoms with Gasteiger partial charge in [0.25, 0.3) is 5.91 Å². The summed E-state index contributed by atoms with van der Waals surface area (Å²) in [6.45, 7) is 3.07. The number of hydrogen-bond donors (Lipinski definition) is 2. The lowest BCUT2D eigenvalue weighted by Crippen LogP contribution is -2.51. The van der Waals surface area contributed by atoms with Crippen LogP contribution in [0.15, 0.2) is 47.5 Å². The highest BCUT2D eigenvalue weighted by Crippen LogP contribution is 2.26. The van der Waals surface area contributed by atoms with E-state index in [1.807, 2.05) is 0 Å². The highest BCUT2D eigenvalue weighted by Gasteiger charge is 2.38. The molecule has 0 bridgehead atoms. The van der Waals surface area contributed by atoms with Crippen LogP contribution in [0.25, 0.3) is 0 Å². The Morgan fingerprint density at radius 2 is 1.89 bits per heavy atom. The molecule has 10 heteroatoms. The van der Waals surface area contributed by atoms with Gasteiger partial charge in [-0.1, -0.05) is 19.9 Å². The number of halogens is 1. The third-order valence-corrected chi connectivity index (χ3v) is 5.96. The maximum Gasteiger partial charge on any atom is 0.262 e. The van der Waals surface area contributed by atoms with Crippen LogP contribution < -0.4 is 10.2 Å². The van der Waals surface area contributed by atoms with Crippen molar-refractivity contribution in [2.24, 2.45) is 5.92 Å². The molecule has 0 aliphatic rings. The molecule has 0 aliphatic heterocycles. The van der Waals surface area contributed by atoms with E-state index >= 15 is 0 Å². The molecule has 28 heavy (non-hydrogen) atoms. The molecule has 1 aromatic heterocycles. The van der Waals surface area contributed by atoms with Crippen molar-refractivity contribution < 1.29 is 27.5 Å². The van der Waals surface area contributed by atoms with Gasteiger partial charge < -0.3 is 4.74 Å². The number of rotatable bonds is 8. The van der Waals surface area contributed by atoms with Crippen LogP contribution >= 0.6 is 0 Å². The lowest BCUT2D eigenvalue weighted by atomic mass is 10.0. The molecule has 1 atom stereocenters. The Kier molecular flexibility index (Phi) is 7.05. The first-order valence-corrected chi connectivity index (χ1v) is 9.85. The summed E-state index contributed by atoms with van der Waals surface area (Å²) in [4.78, 5) is 15.7. The summed E-state index contributed by atoms with van der Waals surface area (Å²) in [5.74, 6) is -1.57. The van der Waals surface area contributed by atoms with Gasteiger partial charge in [-0.15, -0.1) is 0 Å². The van der Waals surface area contributed by atoms with E-state index in [2.05, 4.69) is 4.98 Å². The molecule has 1 amide bonds. The highest BCUT2D eigenvalue weighted by atomic mass is 32.2. The number of nitrogens with zero attached hydrogens (tertiary/aromatic N) is 2. The second kappa shape index (κ2) is 9.09. The number of hydroxylamine groups is 1. The molecule has 0 aliphatic carbocycles. The first-order valence-electron chi connectivity index (χ1n) is 8.41. The molecule has 0 unspecified atom stereocenters. The Balaban J connectivity index is 2.53. The maximum atomic E-state index is 13.3. The number of carbonyl (C=O) groups is 1. The minimum atomic E-state index is -4.15. The second-order valence-corrected chi connectivity index (χ2v) is 8.27. The second-order valence-electron chi connectivity index (χ2n) is 6.38. The zero-order valence-corrected chi connectivity index (χ0v) is 16.5. The van der Waals surface area contributed by atoms with E-state index in [1.165, 1.54) is 49.1 Å². The monoisotopic (exact) mass is 410 g/mol. The number of aromatic nitrogens is 1. The summed E-state index contributed by atoms with van der Waals surface area (Å²) in [6.07, 6.45) is 1.19. The number of sulfonamides is 1. The number of carbonyl (C=O) groups excluding carboxylic acids is 1. The summed E-state index contributed by atoms with van der Waals surface area (Å²) >= 11 is 0. The minimum Gasteiger partial charge on any atom is -0.497 e. The Morgan fingerprint density at radius 1 is 1.25 bits per heavy atom. The van der Waals surface area contributed by atoms with Crippen LogP contribution in [0.5, 0.6) is 5.75 Å². The largest absolute Gasteiger partial charge is 0.497 e. The van der Waals surface area contributed by atoms with Gasteiger partial charge in [-0.2, -0.15) is 8.70 Å². The summed E-state index contributed by atoms with van der Waals surface area (Å²) in [6, 6.07) is 6.97. The maximum absolute atomic E-state index is 13.3. The van der Waals surface area contributed by atoms with Crippen LogP contribution in [0.3, 0.4) is 0 Å². The summed E-state index contributed by atoms with van der Waals surface area (Å²) < 4.78 is 45.7. The Hall–Kier alpha value is -2.56. The molecule has 0 spiro atoms. The molecule has 1 heterocycles. The summed E-state index contributed by atoms with van der Waals surface area (Å²) in [7, 11) is -2.69. The van der Waals surface area contributed by atoms with Gasteiger partial charge in [0.15, 0.2) is 0 Å². The SMILES string of the molecule is COc1ccc(S(=O)(=O)N(Cc2ccc([18F])nc2)[C@@H](C(=O)NO)C(C)C)cc1. The van der Waals surface area contributed by atoms with E-state index in [0.29, 0.717) is 11.3 Å². The van der Waals surface area contributed by atoms with Gasteiger partial charge in [-0.05, 0) is 41.8 Å². The van der Waals surface area contributed by atoms with E-state index in [1.54, 1.807) is 13.8 Å². The fourth-order valence-electron chi connectivity index (χ4n) is 2.73. The fraction of sp³-hybridized carbons (Fsp3) is 0.333. The van der Waals surface area contributed by atoms with Crippen LogP contribution in [0.4, 0.5) is 4.39 Å². The lowest BCUT2D eigenvalue weighted by molar-refractivity contribution is -0.134. The van der Waals surface area contributed by atoms with Crippen molar-refractivity contribution in [3.63, 3.8) is 0 Å². The number of pyridine rings is 1. The van der Waals surface area contributed by atoms with Crippen molar-refractivity contribution in [2.45, 2.75) is 31.3 Å². The van der Waals surface area contributed by atoms with Crippen LogP contribution in [0.2, 0.25) is 0 Å². The van der Waals surface area contributed by atoms with Gasteiger partial charge in [-0.3, -0.25) is 10.0 Å². The number of benzene rings is 1. The third kappa shape index (κ3) is 4.83. The van der Waals surface area contributed by atoms with Crippen LogP contribution in [0.1, 0.15) is 19.4 Å². The molecule has 0 saturated heterocycles. The van der Waals surface area contributed by atoms with Gasteiger partial charge in [-0.25, -0.2) is 18.9 Å². The van der Waals surface area contributed by atoms with E-state index < -0.39 is 33.8 Å². The van der Waals surface area contributed by atoms with Crippen LogP contribution in [0, 0.1) is 11.9 Å². The Morgan fingerprint density at radius 3 is 2.36 bits per heavy atom. The van der Waals surface area contributed by atoms with E-state index in [4.69, 9.17) is 9.94 Å². The molecular formula is C18H22FN3O5S. The van der Waals surface area contributed by atoms with Crippen molar-refractivity contribution >= 4 is 15.9 Å². The Bertz CT molecular complexity index is 902. The van der Waals surface area contributed by atoms with Crippen LogP contribution in [-0.2, 0) is 21.4 Å². The minimum absolute atomic E-state index is 0.0558. The summed E-state index contributed by atoms with van der Waals surface area (Å²) in [5, 5.41) is 9.11.